The van der Waals surface area contributed by atoms with Crippen LogP contribution >= 0.6 is 11.3 Å². The molecule has 0 aliphatic carbocycles. The van der Waals surface area contributed by atoms with Crippen molar-refractivity contribution >= 4 is 33.0 Å². The molecule has 0 atom stereocenters. The average molecular weight is 302 g/mol. The van der Waals surface area contributed by atoms with Gasteiger partial charge in [0.05, 0.1) is 12.8 Å². The van der Waals surface area contributed by atoms with Gasteiger partial charge in [-0.25, -0.2) is 0 Å². The summed E-state index contributed by atoms with van der Waals surface area (Å²) in [6.07, 6.45) is 3.04. The Bertz CT molecular complexity index is 733. The number of nitrogen functional groups attached to an aromatic ring is 1. The Balaban J connectivity index is 1.96. The highest BCUT2D eigenvalue weighted by atomic mass is 32.1. The molecule has 0 spiro atoms. The van der Waals surface area contributed by atoms with E-state index in [1.165, 1.54) is 16.9 Å². The van der Waals surface area contributed by atoms with Gasteiger partial charge < -0.3 is 15.4 Å². The maximum absolute atomic E-state index is 12.6. The zero-order valence-electron chi connectivity index (χ0n) is 12.2. The quantitative estimate of drug-likeness (QED) is 0.866. The van der Waals surface area contributed by atoms with E-state index in [9.17, 15) is 4.79 Å². The maximum atomic E-state index is 12.6. The third-order valence-electron chi connectivity index (χ3n) is 3.85. The average Bonchev–Trinajstić information content (AvgIpc) is 2.83. The van der Waals surface area contributed by atoms with Crippen molar-refractivity contribution in [3.05, 3.63) is 34.7 Å². The molecule has 0 fully saturated rings. The molecule has 2 aromatic rings. The summed E-state index contributed by atoms with van der Waals surface area (Å²) in [5.41, 5.74) is 8.09. The minimum Gasteiger partial charge on any atom is -0.497 e. The summed E-state index contributed by atoms with van der Waals surface area (Å²) in [5, 5.41) is 0.924. The predicted molar refractivity (Wildman–Crippen MR) is 87.1 cm³/mol. The molecule has 0 radical (unpaired) electrons. The number of fused-ring (bicyclic) bond motifs is 1. The number of carbonyl (C=O) groups is 1. The molecule has 0 bridgehead atoms. The van der Waals surface area contributed by atoms with Crippen molar-refractivity contribution in [2.24, 2.45) is 0 Å². The number of hydrogen-bond donors (Lipinski definition) is 1. The van der Waals surface area contributed by atoms with Gasteiger partial charge in [-0.2, -0.15) is 0 Å². The summed E-state index contributed by atoms with van der Waals surface area (Å²) in [4.78, 5) is 15.1. The summed E-state index contributed by atoms with van der Waals surface area (Å²) >= 11 is 1.44. The first-order chi connectivity index (χ1) is 10.1. The first-order valence-electron chi connectivity index (χ1n) is 6.91. The topological polar surface area (TPSA) is 55.6 Å². The number of nitrogens with zero attached hydrogens (tertiary/aromatic N) is 1. The number of rotatable bonds is 2. The number of anilines is 1. The Morgan fingerprint density at radius 3 is 2.90 bits per heavy atom. The zero-order valence-corrected chi connectivity index (χ0v) is 13.0. The molecule has 21 heavy (non-hydrogen) atoms. The molecule has 3 rings (SSSR count). The molecule has 1 amide bonds. The minimum atomic E-state index is 0.0245. The van der Waals surface area contributed by atoms with Crippen LogP contribution in [0.15, 0.2) is 29.8 Å². The fraction of sp³-hybridized carbons (Fsp3) is 0.312. The van der Waals surface area contributed by atoms with Gasteiger partial charge >= 0.3 is 0 Å². The van der Waals surface area contributed by atoms with E-state index in [4.69, 9.17) is 10.5 Å². The van der Waals surface area contributed by atoms with Crippen molar-refractivity contribution < 1.29 is 9.53 Å². The number of amides is 1. The smallest absolute Gasteiger partial charge is 0.266 e. The van der Waals surface area contributed by atoms with Crippen molar-refractivity contribution in [1.82, 2.24) is 4.90 Å². The highest BCUT2D eigenvalue weighted by molar-refractivity contribution is 7.21. The largest absolute Gasteiger partial charge is 0.497 e. The molecular formula is C16H18N2O2S. The molecule has 1 aliphatic heterocycles. The first-order valence-corrected chi connectivity index (χ1v) is 7.72. The van der Waals surface area contributed by atoms with Gasteiger partial charge in [0.15, 0.2) is 0 Å². The van der Waals surface area contributed by atoms with Gasteiger partial charge in [-0.3, -0.25) is 4.79 Å². The Morgan fingerprint density at radius 2 is 2.24 bits per heavy atom. The molecule has 0 saturated heterocycles. The van der Waals surface area contributed by atoms with E-state index in [0.29, 0.717) is 17.1 Å². The lowest BCUT2D eigenvalue weighted by Gasteiger charge is -2.25. The Hall–Kier alpha value is -2.01. The second kappa shape index (κ2) is 5.41. The van der Waals surface area contributed by atoms with Crippen LogP contribution in [0.4, 0.5) is 5.69 Å². The van der Waals surface area contributed by atoms with E-state index in [-0.39, 0.29) is 5.91 Å². The molecule has 0 saturated carbocycles. The summed E-state index contributed by atoms with van der Waals surface area (Å²) in [7, 11) is 1.63. The van der Waals surface area contributed by atoms with E-state index in [1.54, 1.807) is 7.11 Å². The fourth-order valence-corrected chi connectivity index (χ4v) is 3.60. The van der Waals surface area contributed by atoms with Crippen LogP contribution in [0.25, 0.3) is 10.1 Å². The summed E-state index contributed by atoms with van der Waals surface area (Å²) in [5.74, 6) is 0.802. The molecule has 1 aliphatic rings. The number of nitrogens with two attached hydrogens (primary N) is 1. The van der Waals surface area contributed by atoms with Crippen LogP contribution in [0.1, 0.15) is 23.0 Å². The van der Waals surface area contributed by atoms with Crippen LogP contribution in [0.3, 0.4) is 0 Å². The summed E-state index contributed by atoms with van der Waals surface area (Å²) in [6, 6.07) is 5.71. The number of ether oxygens (including phenoxy) is 1. The van der Waals surface area contributed by atoms with Crippen LogP contribution in [0.2, 0.25) is 0 Å². The first kappa shape index (κ1) is 13.9. The molecule has 1 aromatic heterocycles. The van der Waals surface area contributed by atoms with Gasteiger partial charge in [-0.1, -0.05) is 11.6 Å². The summed E-state index contributed by atoms with van der Waals surface area (Å²) < 4.78 is 6.21. The lowest BCUT2D eigenvalue weighted by Crippen LogP contribution is -2.34. The number of methoxy groups -OCH3 is 1. The van der Waals surface area contributed by atoms with E-state index in [2.05, 4.69) is 13.0 Å². The van der Waals surface area contributed by atoms with Crippen molar-refractivity contribution in [3.63, 3.8) is 0 Å². The maximum Gasteiger partial charge on any atom is 0.266 e. The van der Waals surface area contributed by atoms with Crippen LogP contribution in [-0.4, -0.2) is 31.0 Å². The van der Waals surface area contributed by atoms with Gasteiger partial charge in [0.1, 0.15) is 10.6 Å². The Kier molecular flexibility index (Phi) is 3.59. The van der Waals surface area contributed by atoms with Gasteiger partial charge in [0.25, 0.3) is 5.91 Å². The molecule has 4 nitrogen and oxygen atoms in total. The van der Waals surface area contributed by atoms with Crippen LogP contribution in [0, 0.1) is 0 Å². The monoisotopic (exact) mass is 302 g/mol. The van der Waals surface area contributed by atoms with E-state index >= 15 is 0 Å². The van der Waals surface area contributed by atoms with Crippen molar-refractivity contribution in [2.45, 2.75) is 13.3 Å². The molecule has 2 N–H and O–H groups in total. The molecule has 0 unspecified atom stereocenters. The molecule has 2 heterocycles. The van der Waals surface area contributed by atoms with Crippen molar-refractivity contribution in [3.8, 4) is 5.75 Å². The Labute approximate surface area is 127 Å². The highest BCUT2D eigenvalue weighted by Crippen LogP contribution is 2.36. The number of benzene rings is 1. The second-order valence-corrected chi connectivity index (χ2v) is 6.31. The highest BCUT2D eigenvalue weighted by Gasteiger charge is 2.23. The zero-order chi connectivity index (χ0) is 15.0. The molecule has 110 valence electrons. The lowest BCUT2D eigenvalue weighted by atomic mass is 10.1. The van der Waals surface area contributed by atoms with Crippen LogP contribution in [0.5, 0.6) is 5.75 Å². The van der Waals surface area contributed by atoms with Gasteiger partial charge in [0.2, 0.25) is 0 Å². The van der Waals surface area contributed by atoms with Crippen LogP contribution < -0.4 is 10.5 Å². The van der Waals surface area contributed by atoms with Crippen molar-refractivity contribution in [1.29, 1.82) is 0 Å². The van der Waals surface area contributed by atoms with Gasteiger partial charge in [0, 0.05) is 23.2 Å². The fourth-order valence-electron chi connectivity index (χ4n) is 2.48. The molecule has 5 heteroatoms. The second-order valence-electron chi connectivity index (χ2n) is 5.26. The number of thiophene rings is 1. The number of hydrogen-bond acceptors (Lipinski definition) is 4. The molecule has 1 aromatic carbocycles. The standard InChI is InChI=1S/C16H18N2O2S/c1-10-5-7-18(8-6-10)16(19)15-14(17)12-4-3-11(20-2)9-13(12)21-15/h3-5,9H,6-8,17H2,1-2H3. The summed E-state index contributed by atoms with van der Waals surface area (Å²) in [6.45, 7) is 3.53. The van der Waals surface area contributed by atoms with Crippen LogP contribution in [-0.2, 0) is 0 Å². The van der Waals surface area contributed by atoms with Gasteiger partial charge in [-0.15, -0.1) is 11.3 Å². The van der Waals surface area contributed by atoms with E-state index in [0.717, 1.165) is 28.8 Å². The number of carbonyl (C=O) groups excluding carboxylic acids is 1. The van der Waals surface area contributed by atoms with E-state index in [1.807, 2.05) is 23.1 Å². The SMILES string of the molecule is COc1ccc2c(N)c(C(=O)N3CC=C(C)CC3)sc2c1. The minimum absolute atomic E-state index is 0.0245. The van der Waals surface area contributed by atoms with E-state index < -0.39 is 0 Å². The third kappa shape index (κ3) is 2.49. The normalized spacial score (nSPS) is 15.1. The Morgan fingerprint density at radius 1 is 1.43 bits per heavy atom. The third-order valence-corrected chi connectivity index (χ3v) is 5.01. The van der Waals surface area contributed by atoms with Gasteiger partial charge in [-0.05, 0) is 31.5 Å². The predicted octanol–water partition coefficient (Wildman–Crippen LogP) is 3.28. The molecular weight excluding hydrogens is 284 g/mol. The lowest BCUT2D eigenvalue weighted by molar-refractivity contribution is 0.0775. The van der Waals surface area contributed by atoms with Crippen molar-refractivity contribution in [2.75, 3.05) is 25.9 Å².